The van der Waals surface area contributed by atoms with Crippen LogP contribution in [0.3, 0.4) is 0 Å². The Bertz CT molecular complexity index is 844. The first kappa shape index (κ1) is 21.6. The maximum absolute atomic E-state index is 12.2. The molecule has 0 unspecified atom stereocenters. The van der Waals surface area contributed by atoms with Gasteiger partial charge in [0.25, 0.3) is 11.8 Å². The number of amides is 3. The Hall–Kier alpha value is -3.15. The van der Waals surface area contributed by atoms with Gasteiger partial charge in [-0.2, -0.15) is 0 Å². The van der Waals surface area contributed by atoms with Crippen molar-refractivity contribution in [1.29, 1.82) is 0 Å². The van der Waals surface area contributed by atoms with Crippen molar-refractivity contribution in [3.63, 3.8) is 0 Å². The number of nitrogens with one attached hydrogen (secondary N) is 3. The van der Waals surface area contributed by atoms with Crippen LogP contribution in [-0.4, -0.2) is 30.8 Å². The Morgan fingerprint density at radius 2 is 1.30 bits per heavy atom. The van der Waals surface area contributed by atoms with Crippen molar-refractivity contribution in [2.45, 2.75) is 38.5 Å². The van der Waals surface area contributed by atoms with E-state index in [-0.39, 0.29) is 17.7 Å². The molecule has 0 heterocycles. The van der Waals surface area contributed by atoms with E-state index >= 15 is 0 Å². The van der Waals surface area contributed by atoms with E-state index in [4.69, 9.17) is 0 Å². The molecule has 3 N–H and O–H groups in total. The van der Waals surface area contributed by atoms with E-state index in [9.17, 15) is 14.4 Å². The van der Waals surface area contributed by atoms with Gasteiger partial charge in [-0.15, -0.1) is 0 Å². The molecule has 0 atom stereocenters. The second kappa shape index (κ2) is 11.1. The van der Waals surface area contributed by atoms with Crippen LogP contribution in [0.2, 0.25) is 0 Å². The lowest BCUT2D eigenvalue weighted by molar-refractivity contribution is -0.117. The Labute approximate surface area is 177 Å². The zero-order valence-electron chi connectivity index (χ0n) is 17.2. The molecule has 2 aromatic carbocycles. The smallest absolute Gasteiger partial charge is 0.251 e. The molecule has 158 valence electrons. The molecule has 2 aromatic rings. The molecular weight excluding hydrogens is 378 g/mol. The first-order valence-electron chi connectivity index (χ1n) is 10.6. The Balaban J connectivity index is 1.38. The summed E-state index contributed by atoms with van der Waals surface area (Å²) in [5, 5.41) is 8.47. The van der Waals surface area contributed by atoms with E-state index < -0.39 is 0 Å². The minimum atomic E-state index is -0.218. The van der Waals surface area contributed by atoms with Crippen molar-refractivity contribution in [1.82, 2.24) is 10.6 Å². The molecule has 1 fully saturated rings. The largest absolute Gasteiger partial charge is 0.350 e. The lowest BCUT2D eigenvalue weighted by Gasteiger charge is -2.20. The monoisotopic (exact) mass is 407 g/mol. The molecule has 0 saturated heterocycles. The molecule has 1 aliphatic rings. The summed E-state index contributed by atoms with van der Waals surface area (Å²) < 4.78 is 0. The summed E-state index contributed by atoms with van der Waals surface area (Å²) in [6.45, 7) is 0.673. The summed E-state index contributed by atoms with van der Waals surface area (Å²) in [5.41, 5.74) is 1.79. The van der Waals surface area contributed by atoms with E-state index in [1.54, 1.807) is 48.5 Å². The Morgan fingerprint density at radius 3 is 1.90 bits per heavy atom. The molecule has 0 radical (unpaired) electrons. The highest BCUT2D eigenvalue weighted by atomic mass is 16.2. The van der Waals surface area contributed by atoms with Gasteiger partial charge < -0.3 is 16.0 Å². The van der Waals surface area contributed by atoms with Gasteiger partial charge in [-0.25, -0.2) is 0 Å². The van der Waals surface area contributed by atoms with Crippen molar-refractivity contribution in [2.24, 2.45) is 5.92 Å². The van der Waals surface area contributed by atoms with E-state index in [0.717, 1.165) is 12.8 Å². The molecule has 3 rings (SSSR count). The quantitative estimate of drug-likeness (QED) is 0.583. The molecule has 0 aliphatic heterocycles. The average Bonchev–Trinajstić information content (AvgIpc) is 2.78. The van der Waals surface area contributed by atoms with Gasteiger partial charge >= 0.3 is 0 Å². The van der Waals surface area contributed by atoms with Crippen LogP contribution in [-0.2, 0) is 4.79 Å². The first-order valence-corrected chi connectivity index (χ1v) is 10.6. The summed E-state index contributed by atoms with van der Waals surface area (Å²) in [5.74, 6) is 0.140. The summed E-state index contributed by atoms with van der Waals surface area (Å²) in [7, 11) is 0. The van der Waals surface area contributed by atoms with E-state index in [1.165, 1.54) is 19.3 Å². The lowest BCUT2D eigenvalue weighted by atomic mass is 9.87. The molecular formula is C24H29N3O3. The van der Waals surface area contributed by atoms with E-state index in [1.807, 2.05) is 6.07 Å². The minimum Gasteiger partial charge on any atom is -0.350 e. The van der Waals surface area contributed by atoms with Gasteiger partial charge in [0.05, 0.1) is 0 Å². The van der Waals surface area contributed by atoms with Gasteiger partial charge in [0.2, 0.25) is 5.91 Å². The molecule has 30 heavy (non-hydrogen) atoms. The second-order valence-electron chi connectivity index (χ2n) is 7.71. The predicted molar refractivity (Wildman–Crippen MR) is 117 cm³/mol. The number of hydrogen-bond donors (Lipinski definition) is 3. The predicted octanol–water partition coefficient (Wildman–Crippen LogP) is 3.76. The molecule has 0 aromatic heterocycles. The van der Waals surface area contributed by atoms with Crippen molar-refractivity contribution in [3.8, 4) is 0 Å². The highest BCUT2D eigenvalue weighted by molar-refractivity contribution is 5.96. The fourth-order valence-corrected chi connectivity index (χ4v) is 3.72. The fraction of sp³-hybridized carbons (Fsp3) is 0.375. The average molecular weight is 408 g/mol. The van der Waals surface area contributed by atoms with Crippen LogP contribution >= 0.6 is 0 Å². The van der Waals surface area contributed by atoms with E-state index in [2.05, 4.69) is 16.0 Å². The third kappa shape index (κ3) is 6.72. The lowest BCUT2D eigenvalue weighted by Crippen LogP contribution is -2.34. The molecule has 3 amide bonds. The number of carbonyl (C=O) groups is 3. The van der Waals surface area contributed by atoms with Gasteiger partial charge in [0.15, 0.2) is 0 Å². The Morgan fingerprint density at radius 1 is 0.733 bits per heavy atom. The molecule has 1 aliphatic carbocycles. The van der Waals surface area contributed by atoms with Crippen molar-refractivity contribution >= 4 is 23.4 Å². The fourth-order valence-electron chi connectivity index (χ4n) is 3.72. The van der Waals surface area contributed by atoms with Crippen molar-refractivity contribution in [2.75, 3.05) is 18.4 Å². The zero-order valence-corrected chi connectivity index (χ0v) is 17.2. The van der Waals surface area contributed by atoms with Gasteiger partial charge in [-0.05, 0) is 55.2 Å². The first-order chi connectivity index (χ1) is 14.6. The van der Waals surface area contributed by atoms with Crippen LogP contribution in [0.15, 0.2) is 54.6 Å². The van der Waals surface area contributed by atoms with Gasteiger partial charge in [0.1, 0.15) is 0 Å². The SMILES string of the molecule is O=C(CC1CCCCC1)Nc1ccc(C(=O)NCCNC(=O)c2ccccc2)cc1. The number of rotatable bonds is 8. The second-order valence-corrected chi connectivity index (χ2v) is 7.71. The molecule has 1 saturated carbocycles. The third-order valence-corrected chi connectivity index (χ3v) is 5.36. The van der Waals surface area contributed by atoms with Gasteiger partial charge in [0, 0.05) is 36.3 Å². The zero-order chi connectivity index (χ0) is 21.2. The summed E-state index contributed by atoms with van der Waals surface area (Å²) in [6, 6.07) is 15.8. The number of hydrogen-bond acceptors (Lipinski definition) is 3. The molecule has 6 heteroatoms. The number of anilines is 1. The van der Waals surface area contributed by atoms with Crippen molar-refractivity contribution in [3.05, 3.63) is 65.7 Å². The highest BCUT2D eigenvalue weighted by Gasteiger charge is 2.17. The third-order valence-electron chi connectivity index (χ3n) is 5.36. The number of benzene rings is 2. The van der Waals surface area contributed by atoms with E-state index in [0.29, 0.717) is 42.2 Å². The molecule has 6 nitrogen and oxygen atoms in total. The maximum Gasteiger partial charge on any atom is 0.251 e. The summed E-state index contributed by atoms with van der Waals surface area (Å²) >= 11 is 0. The number of carbonyl (C=O) groups excluding carboxylic acids is 3. The van der Waals surface area contributed by atoms with Crippen LogP contribution in [0.5, 0.6) is 0 Å². The summed E-state index contributed by atoms with van der Waals surface area (Å²) in [6.07, 6.45) is 6.56. The van der Waals surface area contributed by atoms with Crippen LogP contribution in [0.1, 0.15) is 59.2 Å². The topological polar surface area (TPSA) is 87.3 Å². The van der Waals surface area contributed by atoms with Crippen LogP contribution in [0, 0.1) is 5.92 Å². The van der Waals surface area contributed by atoms with Gasteiger partial charge in [-0.3, -0.25) is 14.4 Å². The van der Waals surface area contributed by atoms with Crippen LogP contribution in [0.4, 0.5) is 5.69 Å². The maximum atomic E-state index is 12.2. The summed E-state index contributed by atoms with van der Waals surface area (Å²) in [4.78, 5) is 36.4. The molecule has 0 spiro atoms. The standard InChI is InChI=1S/C24H29N3O3/c28-22(17-18-7-3-1-4-8-18)27-21-13-11-20(12-14-21)24(30)26-16-15-25-23(29)19-9-5-2-6-10-19/h2,5-6,9-14,18H,1,3-4,7-8,15-17H2,(H,25,29)(H,26,30)(H,27,28). The van der Waals surface area contributed by atoms with Crippen molar-refractivity contribution < 1.29 is 14.4 Å². The molecule has 0 bridgehead atoms. The van der Waals surface area contributed by atoms with Crippen LogP contribution in [0.25, 0.3) is 0 Å². The minimum absolute atomic E-state index is 0.0354. The normalized spacial score (nSPS) is 14.0. The highest BCUT2D eigenvalue weighted by Crippen LogP contribution is 2.26. The van der Waals surface area contributed by atoms with Gasteiger partial charge in [-0.1, -0.05) is 37.5 Å². The van der Waals surface area contributed by atoms with Crippen LogP contribution < -0.4 is 16.0 Å². The Kier molecular flexibility index (Phi) is 8.01.